The van der Waals surface area contributed by atoms with Crippen molar-refractivity contribution < 1.29 is 132 Å². The Morgan fingerprint density at radius 2 is 0.516 bits per heavy atom. The number of rotatable bonds is 9. The molecule has 3 heterocycles. The standard InChI is InChI=1S/C63H78O3.C18H36N2O6.K.O.U/c1-34-7-49(58(64)55(10-34)61-25-40-13-41(26-61)15-42(14-40)27-61)22-52-37(4)53(23-50-8-35(2)11-56(59(50)65)62-28-43-16-44(29-62)18-45(17-43)30-62)39(6)54(38(52)5)24-51-9-36(3)12-57(60(51)66)63-31-46-19-47(32-63)21-48(20-46)33-63;1-7-21-13-14-24-10-4-20-5-11-25-17-15-22-8-2-19(1)3-9-23-16-18-26-12-6-20;;;/h7-12,40-48,64-66H,13-33H2,1-6H3;1-18H2;;;/q;;+1;-2;+4/p-3. The third-order valence-electron chi connectivity index (χ3n) is 26.0. The summed E-state index contributed by atoms with van der Waals surface area (Å²) in [4.78, 5) is 4.62. The van der Waals surface area contributed by atoms with Crippen molar-refractivity contribution in [2.75, 3.05) is 119 Å². The predicted octanol–water partition coefficient (Wildman–Crippen LogP) is 9.54. The third-order valence-corrected chi connectivity index (χ3v) is 26.0. The maximum Gasteiger partial charge on any atom is 4.00 e. The second-order valence-corrected chi connectivity index (χ2v) is 32.7. The van der Waals surface area contributed by atoms with Crippen molar-refractivity contribution in [3.8, 4) is 17.2 Å². The van der Waals surface area contributed by atoms with Gasteiger partial charge in [0.15, 0.2) is 0 Å². The van der Waals surface area contributed by atoms with E-state index >= 15 is 15.3 Å². The number of benzene rings is 4. The van der Waals surface area contributed by atoms with Crippen LogP contribution in [-0.4, -0.2) is 128 Å². The average molecular weight is 1550 g/mol. The van der Waals surface area contributed by atoms with Crippen LogP contribution in [0.5, 0.6) is 17.2 Å². The second kappa shape index (κ2) is 32.5. The quantitative estimate of drug-likeness (QED) is 0.147. The van der Waals surface area contributed by atoms with E-state index in [-0.39, 0.29) is 121 Å². The minimum absolute atomic E-state index is 0. The van der Waals surface area contributed by atoms with Crippen LogP contribution < -0.4 is 66.7 Å². The minimum Gasteiger partial charge on any atom is -2.00 e. The van der Waals surface area contributed by atoms with Crippen LogP contribution in [-0.2, 0) is 69.4 Å². The molecule has 0 aromatic heterocycles. The van der Waals surface area contributed by atoms with E-state index in [0.29, 0.717) is 98.5 Å². The molecule has 0 unspecified atom stereocenters. The van der Waals surface area contributed by atoms with Gasteiger partial charge < -0.3 is 49.2 Å². The molecule has 15 fully saturated rings. The summed E-state index contributed by atoms with van der Waals surface area (Å²) in [6.07, 6.45) is 24.7. The van der Waals surface area contributed by atoms with Crippen molar-refractivity contribution in [2.45, 2.75) is 193 Å². The molecule has 0 atom stereocenters. The predicted molar refractivity (Wildman–Crippen MR) is 359 cm³/mol. The summed E-state index contributed by atoms with van der Waals surface area (Å²) in [5.41, 5.74) is 17.2. The molecule has 12 aliphatic carbocycles. The summed E-state index contributed by atoms with van der Waals surface area (Å²) in [6, 6.07) is 13.5. The summed E-state index contributed by atoms with van der Waals surface area (Å²) in [6.45, 7) is 26.7. The van der Waals surface area contributed by atoms with Gasteiger partial charge in [0.25, 0.3) is 0 Å². The number of nitrogens with zero attached hydrogens (tertiary/aromatic N) is 2. The molecule has 95 heavy (non-hydrogen) atoms. The van der Waals surface area contributed by atoms with Gasteiger partial charge in [-0.15, -0.1) is 17.2 Å². The molecule has 0 N–H and O–H groups in total. The van der Waals surface area contributed by atoms with Crippen LogP contribution in [0, 0.1) is 126 Å². The Morgan fingerprint density at radius 1 is 0.326 bits per heavy atom. The largest absolute Gasteiger partial charge is 4.00 e. The van der Waals surface area contributed by atoms with Gasteiger partial charge in [-0.1, -0.05) is 69.8 Å². The molecule has 4 aromatic rings. The van der Waals surface area contributed by atoms with Gasteiger partial charge in [0.05, 0.1) is 79.3 Å². The van der Waals surface area contributed by atoms with Gasteiger partial charge in [-0.3, -0.25) is 9.80 Å². The topological polar surface area (TPSA) is 160 Å². The van der Waals surface area contributed by atoms with Crippen LogP contribution in [0.3, 0.4) is 0 Å². The van der Waals surface area contributed by atoms with Gasteiger partial charge in [-0.2, -0.15) is 0 Å². The molecule has 12 nitrogen and oxygen atoms in total. The zero-order valence-corrected chi connectivity index (χ0v) is 66.5. The fraction of sp³-hybridized carbons (Fsp3) is 0.704. The van der Waals surface area contributed by atoms with Crippen LogP contribution in [0.4, 0.5) is 0 Å². The van der Waals surface area contributed by atoms with Crippen molar-refractivity contribution in [1.82, 2.24) is 9.80 Å². The second-order valence-electron chi connectivity index (χ2n) is 32.7. The molecule has 510 valence electrons. The molecule has 14 heteroatoms. The van der Waals surface area contributed by atoms with Gasteiger partial charge >= 0.3 is 82.5 Å². The van der Waals surface area contributed by atoms with Gasteiger partial charge in [-0.05, 0) is 296 Å². The van der Waals surface area contributed by atoms with Crippen LogP contribution in [0.2, 0.25) is 0 Å². The van der Waals surface area contributed by atoms with E-state index in [0.717, 1.165) is 126 Å². The zero-order chi connectivity index (χ0) is 63.3. The maximum absolute atomic E-state index is 15.2. The van der Waals surface area contributed by atoms with Crippen LogP contribution >= 0.6 is 0 Å². The van der Waals surface area contributed by atoms with Crippen molar-refractivity contribution in [3.63, 3.8) is 0 Å². The van der Waals surface area contributed by atoms with Gasteiger partial charge in [0.2, 0.25) is 0 Å². The molecule has 14 bridgehead atoms. The molecular weight excluding hydrogens is 1440 g/mol. The van der Waals surface area contributed by atoms with Crippen LogP contribution in [0.25, 0.3) is 0 Å². The van der Waals surface area contributed by atoms with Gasteiger partial charge in [-0.25, -0.2) is 0 Å². The fourth-order valence-corrected chi connectivity index (χ4v) is 23.0. The molecule has 19 rings (SSSR count). The number of ether oxygens (including phenoxy) is 6. The smallest absolute Gasteiger partial charge is 2.00 e. The van der Waals surface area contributed by atoms with Crippen LogP contribution in [0.1, 0.15) is 199 Å². The van der Waals surface area contributed by atoms with Gasteiger partial charge in [0.1, 0.15) is 0 Å². The zero-order valence-electron chi connectivity index (χ0n) is 59.2. The number of hydrogen-bond donors (Lipinski definition) is 0. The van der Waals surface area contributed by atoms with E-state index in [1.807, 2.05) is 0 Å². The van der Waals surface area contributed by atoms with E-state index in [1.54, 1.807) is 0 Å². The molecule has 0 radical (unpaired) electrons. The number of aryl methyl sites for hydroxylation is 3. The first-order valence-corrected chi connectivity index (χ1v) is 37.0. The maximum atomic E-state index is 15.2. The van der Waals surface area contributed by atoms with Crippen molar-refractivity contribution in [3.05, 3.63) is 120 Å². The van der Waals surface area contributed by atoms with E-state index in [9.17, 15) is 0 Å². The summed E-state index contributed by atoms with van der Waals surface area (Å²) in [5, 5.41) is 45.5. The number of fused-ring (bicyclic) bond motifs is 21. The molecule has 4 aromatic carbocycles. The Hall–Kier alpha value is -1.39. The minimum atomic E-state index is 0. The molecular formula is C81H111KN2O10U. The molecule has 3 aliphatic heterocycles. The first-order chi connectivity index (χ1) is 44.6. The average Bonchev–Trinajstić information content (AvgIpc) is 0.742. The Kier molecular flexibility index (Phi) is 25.6. The first kappa shape index (κ1) is 74.8. The summed E-state index contributed by atoms with van der Waals surface area (Å²) < 4.78 is 34.2. The molecule has 3 saturated heterocycles. The van der Waals surface area contributed by atoms with E-state index in [4.69, 9.17) is 28.4 Å². The Labute approximate surface area is 636 Å². The van der Waals surface area contributed by atoms with Crippen molar-refractivity contribution >= 4 is 0 Å². The van der Waals surface area contributed by atoms with Crippen LogP contribution in [0.15, 0.2) is 36.4 Å². The molecule has 0 spiro atoms. The normalized spacial score (nSPS) is 33.7. The first-order valence-electron chi connectivity index (χ1n) is 37.0. The van der Waals surface area contributed by atoms with Crippen molar-refractivity contribution in [1.29, 1.82) is 0 Å². The molecule has 12 saturated carbocycles. The fourth-order valence-electron chi connectivity index (χ4n) is 23.0. The van der Waals surface area contributed by atoms with Gasteiger partial charge in [0, 0.05) is 39.3 Å². The van der Waals surface area contributed by atoms with E-state index < -0.39 is 0 Å². The summed E-state index contributed by atoms with van der Waals surface area (Å²) in [7, 11) is 0. The molecule has 15 aliphatic rings. The SMILES string of the molecule is C1COCCN2CCOCCOCCN(CCO1)CCOCCOCC2.Cc1cc(Cc2c(C)c(Cc3cc(C)cc(C45CC6CC(CC(C6)C4)C5)c3[O-])c(C)c(Cc3cc(C)cc(C45CC6CC(CC(C6)C4)C5)c3[O-])c2C)c([O-])c(C23CC4CC(CC(C4)C2)C3)c1.[K+].[O-2].[U+4]. The summed E-state index contributed by atoms with van der Waals surface area (Å²) >= 11 is 0. The Balaban J connectivity index is 0.000000270. The molecule has 0 amide bonds. The third kappa shape index (κ3) is 16.5. The summed E-state index contributed by atoms with van der Waals surface area (Å²) in [5.74, 6) is 7.84. The van der Waals surface area contributed by atoms with Crippen molar-refractivity contribution in [2.24, 2.45) is 53.3 Å². The Morgan fingerprint density at radius 3 is 0.705 bits per heavy atom. The monoisotopic (exact) mass is 1550 g/mol. The van der Waals surface area contributed by atoms with E-state index in [1.165, 1.54) is 166 Å². The number of hydrogen-bond acceptors (Lipinski definition) is 11. The Bertz CT molecular complexity index is 2780. The van der Waals surface area contributed by atoms with E-state index in [2.05, 4.69) is 87.7 Å².